The molecule has 0 bridgehead atoms. The summed E-state index contributed by atoms with van der Waals surface area (Å²) in [5.41, 5.74) is 1.98. The van der Waals surface area contributed by atoms with Crippen molar-refractivity contribution in [3.05, 3.63) is 23.3 Å². The smallest absolute Gasteiger partial charge is 0.163 e. The second kappa shape index (κ2) is 14.5. The minimum atomic E-state index is 0.248. The number of carbonyl (C=O) groups excluding carboxylic acids is 1. The zero-order valence-electron chi connectivity index (χ0n) is 18.9. The fourth-order valence-electron chi connectivity index (χ4n) is 4.00. The summed E-state index contributed by atoms with van der Waals surface area (Å²) >= 11 is 0. The first kappa shape index (κ1) is 23.8. The molecule has 0 unspecified atom stereocenters. The molecule has 0 amide bonds. The van der Waals surface area contributed by atoms with E-state index in [1.165, 1.54) is 64.2 Å². The Bertz CT molecular complexity index is 594. The lowest BCUT2D eigenvalue weighted by molar-refractivity contribution is 0.0971. The van der Waals surface area contributed by atoms with E-state index in [-0.39, 0.29) is 5.78 Å². The molecule has 0 saturated heterocycles. The number of ketones is 1. The van der Waals surface area contributed by atoms with Crippen molar-refractivity contribution in [2.24, 2.45) is 0 Å². The van der Waals surface area contributed by atoms with Crippen LogP contribution in [0.3, 0.4) is 0 Å². The van der Waals surface area contributed by atoms with E-state index in [9.17, 15) is 4.79 Å². The van der Waals surface area contributed by atoms with Crippen LogP contribution in [0.5, 0.6) is 11.5 Å². The minimum Gasteiger partial charge on any atom is -0.490 e. The van der Waals surface area contributed by atoms with E-state index in [4.69, 9.17) is 9.47 Å². The number of Topliss-reactive ketones (excluding diaryl/α,β-unsaturated/α-hetero) is 1. The van der Waals surface area contributed by atoms with E-state index >= 15 is 0 Å². The molecule has 29 heavy (non-hydrogen) atoms. The summed E-state index contributed by atoms with van der Waals surface area (Å²) in [6, 6.07) is 4.02. The highest BCUT2D eigenvalue weighted by Crippen LogP contribution is 2.35. The molecule has 0 saturated carbocycles. The van der Waals surface area contributed by atoms with Gasteiger partial charge in [0.05, 0.1) is 13.2 Å². The van der Waals surface area contributed by atoms with E-state index in [1.54, 1.807) is 0 Å². The first-order valence-electron chi connectivity index (χ1n) is 12.2. The molecule has 0 atom stereocenters. The van der Waals surface area contributed by atoms with Crippen LogP contribution in [0.15, 0.2) is 12.1 Å². The molecule has 0 N–H and O–H groups in total. The molecule has 0 aromatic heterocycles. The summed E-state index contributed by atoms with van der Waals surface area (Å²) in [5, 5.41) is 0. The fourth-order valence-corrected chi connectivity index (χ4v) is 4.00. The Morgan fingerprint density at radius 3 is 1.79 bits per heavy atom. The van der Waals surface area contributed by atoms with Gasteiger partial charge in [0.25, 0.3) is 0 Å². The maximum atomic E-state index is 12.3. The molecule has 3 nitrogen and oxygen atoms in total. The number of unbranched alkanes of at least 4 members (excludes halogenated alkanes) is 10. The fraction of sp³-hybridized carbons (Fsp3) is 0.731. The zero-order valence-corrected chi connectivity index (χ0v) is 18.9. The van der Waals surface area contributed by atoms with Crippen LogP contribution in [-0.2, 0) is 6.42 Å². The predicted molar refractivity (Wildman–Crippen MR) is 121 cm³/mol. The molecule has 0 spiro atoms. The highest BCUT2D eigenvalue weighted by molar-refractivity contribution is 5.99. The van der Waals surface area contributed by atoms with Crippen molar-refractivity contribution in [2.75, 3.05) is 13.2 Å². The van der Waals surface area contributed by atoms with Gasteiger partial charge in [-0.2, -0.15) is 0 Å². The van der Waals surface area contributed by atoms with Crippen molar-refractivity contribution in [1.82, 2.24) is 0 Å². The summed E-state index contributed by atoms with van der Waals surface area (Å²) in [7, 11) is 0. The number of ether oxygens (including phenoxy) is 2. The highest BCUT2D eigenvalue weighted by atomic mass is 16.5. The third-order valence-electron chi connectivity index (χ3n) is 5.83. The first-order chi connectivity index (χ1) is 14.3. The van der Waals surface area contributed by atoms with Crippen molar-refractivity contribution in [3.63, 3.8) is 0 Å². The second-order valence-electron chi connectivity index (χ2n) is 8.47. The van der Waals surface area contributed by atoms with Gasteiger partial charge in [0.2, 0.25) is 0 Å². The lowest BCUT2D eigenvalue weighted by Gasteiger charge is -2.19. The van der Waals surface area contributed by atoms with Crippen LogP contribution < -0.4 is 9.47 Å². The van der Waals surface area contributed by atoms with Crippen molar-refractivity contribution in [2.45, 2.75) is 110 Å². The summed E-state index contributed by atoms with van der Waals surface area (Å²) in [6.07, 6.45) is 17.5. The van der Waals surface area contributed by atoms with Crippen LogP contribution >= 0.6 is 0 Å². The van der Waals surface area contributed by atoms with Gasteiger partial charge >= 0.3 is 0 Å². The average molecular weight is 403 g/mol. The Morgan fingerprint density at radius 1 is 0.690 bits per heavy atom. The largest absolute Gasteiger partial charge is 0.490 e. The molecule has 3 heteroatoms. The number of benzene rings is 1. The second-order valence-corrected chi connectivity index (χ2v) is 8.47. The van der Waals surface area contributed by atoms with Crippen LogP contribution in [0.2, 0.25) is 0 Å². The SMILES string of the molecule is CCCCCCCCOc1cc2c(cc1OCCCCCCCC)C(=O)CCC2. The Labute approximate surface area is 178 Å². The average Bonchev–Trinajstić information content (AvgIpc) is 2.73. The molecule has 1 aromatic rings. The molecule has 1 aliphatic rings. The minimum absolute atomic E-state index is 0.248. The maximum absolute atomic E-state index is 12.3. The quantitative estimate of drug-likeness (QED) is 0.266. The van der Waals surface area contributed by atoms with E-state index < -0.39 is 0 Å². The van der Waals surface area contributed by atoms with Crippen molar-refractivity contribution >= 4 is 5.78 Å². The summed E-state index contributed by atoms with van der Waals surface area (Å²) < 4.78 is 12.2. The molecular formula is C26H42O3. The van der Waals surface area contributed by atoms with Crippen LogP contribution in [0.25, 0.3) is 0 Å². The van der Waals surface area contributed by atoms with Crippen LogP contribution in [-0.4, -0.2) is 19.0 Å². The van der Waals surface area contributed by atoms with Gasteiger partial charge in [0.1, 0.15) is 0 Å². The monoisotopic (exact) mass is 402 g/mol. The van der Waals surface area contributed by atoms with Crippen LogP contribution in [0.4, 0.5) is 0 Å². The number of carbonyl (C=O) groups is 1. The summed E-state index contributed by atoms with van der Waals surface area (Å²) in [4.78, 5) is 12.3. The van der Waals surface area contributed by atoms with Crippen LogP contribution in [0, 0.1) is 0 Å². The standard InChI is InChI=1S/C26H42O3/c1-3-5-7-9-11-13-18-28-25-20-22-16-15-17-24(27)23(22)21-26(25)29-19-14-12-10-8-6-4-2/h20-21H,3-19H2,1-2H3. The van der Waals surface area contributed by atoms with E-state index in [1.807, 2.05) is 6.07 Å². The summed E-state index contributed by atoms with van der Waals surface area (Å²) in [5.74, 6) is 1.84. The molecule has 164 valence electrons. The van der Waals surface area contributed by atoms with E-state index in [2.05, 4.69) is 19.9 Å². The molecule has 1 aromatic carbocycles. The number of hydrogen-bond acceptors (Lipinski definition) is 3. The van der Waals surface area contributed by atoms with Crippen molar-refractivity contribution in [1.29, 1.82) is 0 Å². The first-order valence-corrected chi connectivity index (χ1v) is 12.2. The number of aryl methyl sites for hydroxylation is 1. The van der Waals surface area contributed by atoms with Crippen molar-refractivity contribution in [3.8, 4) is 11.5 Å². The van der Waals surface area contributed by atoms with Crippen LogP contribution in [0.1, 0.15) is 120 Å². The number of rotatable bonds is 16. The molecule has 2 rings (SSSR count). The molecular weight excluding hydrogens is 360 g/mol. The van der Waals surface area contributed by atoms with Gasteiger partial charge in [-0.25, -0.2) is 0 Å². The van der Waals surface area contributed by atoms with E-state index in [0.29, 0.717) is 13.0 Å². The Morgan fingerprint density at radius 2 is 1.21 bits per heavy atom. The third-order valence-corrected chi connectivity index (χ3v) is 5.83. The molecule has 0 heterocycles. The Balaban J connectivity index is 1.86. The normalized spacial score (nSPS) is 13.4. The van der Waals surface area contributed by atoms with Gasteiger partial charge in [-0.1, -0.05) is 78.1 Å². The molecule has 0 radical (unpaired) electrons. The van der Waals surface area contributed by atoms with Gasteiger partial charge < -0.3 is 9.47 Å². The topological polar surface area (TPSA) is 35.5 Å². The van der Waals surface area contributed by atoms with Gasteiger partial charge in [0.15, 0.2) is 17.3 Å². The van der Waals surface area contributed by atoms with Crippen molar-refractivity contribution < 1.29 is 14.3 Å². The third kappa shape index (κ3) is 8.80. The highest BCUT2D eigenvalue weighted by Gasteiger charge is 2.21. The number of fused-ring (bicyclic) bond motifs is 1. The van der Waals surface area contributed by atoms with Gasteiger partial charge in [0, 0.05) is 12.0 Å². The Kier molecular flexibility index (Phi) is 11.9. The Hall–Kier alpha value is -1.51. The lowest BCUT2D eigenvalue weighted by Crippen LogP contribution is -2.12. The maximum Gasteiger partial charge on any atom is 0.163 e. The summed E-state index contributed by atoms with van der Waals surface area (Å²) in [6.45, 7) is 5.92. The van der Waals surface area contributed by atoms with Gasteiger partial charge in [-0.15, -0.1) is 0 Å². The predicted octanol–water partition coefficient (Wildman–Crippen LogP) is 7.68. The molecule has 1 aliphatic carbocycles. The van der Waals surface area contributed by atoms with Gasteiger partial charge in [-0.3, -0.25) is 4.79 Å². The zero-order chi connectivity index (χ0) is 20.7. The van der Waals surface area contributed by atoms with E-state index in [0.717, 1.165) is 54.9 Å². The number of hydrogen-bond donors (Lipinski definition) is 0. The van der Waals surface area contributed by atoms with Gasteiger partial charge in [-0.05, 0) is 43.4 Å². The lowest BCUT2D eigenvalue weighted by atomic mass is 9.90. The molecule has 0 fully saturated rings. The molecule has 0 aliphatic heterocycles.